The third-order valence-corrected chi connectivity index (χ3v) is 6.64. The van der Waals surface area contributed by atoms with Crippen LogP contribution >= 0.6 is 11.6 Å². The number of rotatable bonds is 10. The number of carbonyl (C=O) groups excluding carboxylic acids is 2. The molecule has 0 saturated carbocycles. The first-order valence-electron chi connectivity index (χ1n) is 12.6. The van der Waals surface area contributed by atoms with Crippen molar-refractivity contribution in [3.63, 3.8) is 0 Å². The van der Waals surface area contributed by atoms with Crippen LogP contribution in [0.3, 0.4) is 0 Å². The summed E-state index contributed by atoms with van der Waals surface area (Å²) in [4.78, 5) is 37.2. The zero-order valence-corrected chi connectivity index (χ0v) is 22.6. The van der Waals surface area contributed by atoms with Gasteiger partial charge in [0.2, 0.25) is 0 Å². The maximum Gasteiger partial charge on any atom is 0.412 e. The highest BCUT2D eigenvalue weighted by Gasteiger charge is 2.23. The number of carboxylic acid groups (broad SMARTS) is 1. The summed E-state index contributed by atoms with van der Waals surface area (Å²) < 4.78 is 10.9. The number of carbonyl (C=O) groups is 3. The van der Waals surface area contributed by atoms with Gasteiger partial charge in [-0.3, -0.25) is 10.1 Å². The van der Waals surface area contributed by atoms with E-state index in [2.05, 4.69) is 15.8 Å². The Balaban J connectivity index is 1.41. The monoisotopic (exact) mass is 561 g/mol. The van der Waals surface area contributed by atoms with Gasteiger partial charge in [-0.15, -0.1) is 0 Å². The lowest BCUT2D eigenvalue weighted by atomic mass is 10.0. The molecule has 0 aliphatic rings. The second-order valence-corrected chi connectivity index (χ2v) is 9.54. The maximum atomic E-state index is 12.8. The van der Waals surface area contributed by atoms with Crippen molar-refractivity contribution in [3.05, 3.63) is 106 Å². The Morgan fingerprint density at radius 2 is 1.68 bits per heavy atom. The number of aromatic nitrogens is 1. The zero-order valence-electron chi connectivity index (χ0n) is 21.9. The fourth-order valence-corrected chi connectivity index (χ4v) is 4.39. The van der Waals surface area contributed by atoms with E-state index < -0.39 is 30.1 Å². The minimum atomic E-state index is -1.11. The van der Waals surface area contributed by atoms with Crippen molar-refractivity contribution in [1.29, 1.82) is 0 Å². The number of aryl methyl sites for hydroxylation is 2. The summed E-state index contributed by atoms with van der Waals surface area (Å²) in [5.41, 5.74) is 3.23. The predicted molar refractivity (Wildman–Crippen MR) is 150 cm³/mol. The fourth-order valence-electron chi connectivity index (χ4n) is 4.10. The van der Waals surface area contributed by atoms with Crippen LogP contribution in [0.1, 0.15) is 46.6 Å². The Labute approximate surface area is 236 Å². The molecule has 0 aliphatic heterocycles. The van der Waals surface area contributed by atoms with Gasteiger partial charge in [-0.2, -0.15) is 0 Å². The fraction of sp³-hybridized carbons (Fsp3) is 0.200. The molecule has 40 heavy (non-hydrogen) atoms. The second-order valence-electron chi connectivity index (χ2n) is 9.13. The van der Waals surface area contributed by atoms with Gasteiger partial charge in [0.15, 0.2) is 5.76 Å². The van der Waals surface area contributed by atoms with E-state index in [0.717, 1.165) is 5.56 Å². The summed E-state index contributed by atoms with van der Waals surface area (Å²) in [5, 5.41) is 19.3. The quantitative estimate of drug-likeness (QED) is 0.203. The summed E-state index contributed by atoms with van der Waals surface area (Å²) in [6.07, 6.45) is -0.554. The van der Waals surface area contributed by atoms with E-state index in [-0.39, 0.29) is 17.7 Å². The molecule has 0 aliphatic carbocycles. The van der Waals surface area contributed by atoms with Crippen LogP contribution < -0.4 is 10.6 Å². The van der Waals surface area contributed by atoms with E-state index >= 15 is 0 Å². The number of nitrogens with zero attached hydrogens (tertiary/aromatic N) is 1. The van der Waals surface area contributed by atoms with E-state index in [1.807, 2.05) is 30.3 Å². The lowest BCUT2D eigenvalue weighted by Gasteiger charge is -2.15. The van der Waals surface area contributed by atoms with Gasteiger partial charge in [-0.25, -0.2) is 9.59 Å². The lowest BCUT2D eigenvalue weighted by Crippen LogP contribution is -2.41. The SMILES string of the molecule is Cc1noc(-c2ccc(C(=O)NC(CCc3ccccc3)C(=O)O)cc2)c1NC(=O)OC(C)c1ccccc1Cl. The highest BCUT2D eigenvalue weighted by Crippen LogP contribution is 2.32. The first-order valence-corrected chi connectivity index (χ1v) is 13.0. The summed E-state index contributed by atoms with van der Waals surface area (Å²) in [5.74, 6) is -1.35. The number of ether oxygens (including phenoxy) is 1. The molecule has 1 heterocycles. The van der Waals surface area contributed by atoms with Gasteiger partial charge in [0, 0.05) is 21.7 Å². The third kappa shape index (κ3) is 7.06. The van der Waals surface area contributed by atoms with E-state index in [1.165, 1.54) is 0 Å². The van der Waals surface area contributed by atoms with Crippen LogP contribution in [0.4, 0.5) is 10.5 Å². The second kappa shape index (κ2) is 12.9. The van der Waals surface area contributed by atoms with Gasteiger partial charge in [0.1, 0.15) is 23.5 Å². The molecule has 9 nitrogen and oxygen atoms in total. The molecule has 2 unspecified atom stereocenters. The van der Waals surface area contributed by atoms with Crippen molar-refractivity contribution in [2.75, 3.05) is 5.32 Å². The summed E-state index contributed by atoms with van der Waals surface area (Å²) in [6.45, 7) is 3.38. The molecule has 0 radical (unpaired) electrons. The van der Waals surface area contributed by atoms with Gasteiger partial charge in [0.05, 0.1) is 0 Å². The van der Waals surface area contributed by atoms with E-state index in [1.54, 1.807) is 62.4 Å². The van der Waals surface area contributed by atoms with Crippen LogP contribution in [0.25, 0.3) is 11.3 Å². The average Bonchev–Trinajstić information content (AvgIpc) is 3.30. The molecule has 3 N–H and O–H groups in total. The van der Waals surface area contributed by atoms with Crippen LogP contribution in [0.15, 0.2) is 83.4 Å². The molecule has 0 bridgehead atoms. The predicted octanol–water partition coefficient (Wildman–Crippen LogP) is 6.43. The van der Waals surface area contributed by atoms with Gasteiger partial charge in [-0.1, -0.05) is 77.4 Å². The van der Waals surface area contributed by atoms with Gasteiger partial charge >= 0.3 is 12.1 Å². The van der Waals surface area contributed by atoms with Crippen molar-refractivity contribution in [2.24, 2.45) is 0 Å². The number of aliphatic carboxylic acids is 1. The number of carboxylic acids is 1. The molecule has 0 saturated heterocycles. The first kappa shape index (κ1) is 28.4. The zero-order chi connectivity index (χ0) is 28.6. The summed E-state index contributed by atoms with van der Waals surface area (Å²) in [6, 6.07) is 21.8. The molecule has 2 atom stereocenters. The Bertz CT molecular complexity index is 1490. The Hall–Kier alpha value is -4.63. The molecular weight excluding hydrogens is 534 g/mol. The Morgan fingerprint density at radius 1 is 1.00 bits per heavy atom. The molecule has 206 valence electrons. The summed E-state index contributed by atoms with van der Waals surface area (Å²) >= 11 is 6.20. The molecular formula is C30H28ClN3O6. The van der Waals surface area contributed by atoms with Gasteiger partial charge in [-0.05, 0) is 50.5 Å². The Morgan fingerprint density at radius 3 is 2.35 bits per heavy atom. The number of benzene rings is 3. The molecule has 1 aromatic heterocycles. The highest BCUT2D eigenvalue weighted by molar-refractivity contribution is 6.31. The van der Waals surface area contributed by atoms with Gasteiger partial charge < -0.3 is 19.7 Å². The topological polar surface area (TPSA) is 131 Å². The van der Waals surface area contributed by atoms with Gasteiger partial charge in [0.25, 0.3) is 5.91 Å². The van der Waals surface area contributed by atoms with Crippen molar-refractivity contribution in [1.82, 2.24) is 10.5 Å². The van der Waals surface area contributed by atoms with Crippen molar-refractivity contribution in [3.8, 4) is 11.3 Å². The maximum absolute atomic E-state index is 12.8. The average molecular weight is 562 g/mol. The minimum Gasteiger partial charge on any atom is -0.480 e. The summed E-state index contributed by atoms with van der Waals surface area (Å²) in [7, 11) is 0. The van der Waals surface area contributed by atoms with Crippen LogP contribution in [0.2, 0.25) is 5.02 Å². The normalized spacial score (nSPS) is 12.3. The van der Waals surface area contributed by atoms with Crippen LogP contribution in [-0.4, -0.2) is 34.3 Å². The van der Waals surface area contributed by atoms with Crippen LogP contribution in [-0.2, 0) is 16.0 Å². The smallest absolute Gasteiger partial charge is 0.412 e. The molecule has 0 spiro atoms. The standard InChI is InChI=1S/C30H28ClN3O6/c1-18-26(33-30(38)39-19(2)23-10-6-7-11-24(23)31)27(40-34-18)21-13-15-22(16-14-21)28(35)32-25(29(36)37)17-12-20-8-4-3-5-9-20/h3-11,13-16,19,25H,12,17H2,1-2H3,(H,32,35)(H,33,38)(H,36,37). The van der Waals surface area contributed by atoms with Crippen molar-refractivity contribution < 1.29 is 28.8 Å². The molecule has 4 aromatic rings. The molecule has 10 heteroatoms. The van der Waals surface area contributed by atoms with Crippen molar-refractivity contribution in [2.45, 2.75) is 38.8 Å². The Kier molecular flexibility index (Phi) is 9.19. The van der Waals surface area contributed by atoms with Crippen LogP contribution in [0.5, 0.6) is 0 Å². The van der Waals surface area contributed by atoms with Crippen molar-refractivity contribution >= 4 is 35.3 Å². The highest BCUT2D eigenvalue weighted by atomic mass is 35.5. The number of anilines is 1. The van der Waals surface area contributed by atoms with E-state index in [4.69, 9.17) is 20.9 Å². The molecule has 0 fully saturated rings. The number of amides is 2. The largest absolute Gasteiger partial charge is 0.480 e. The molecule has 2 amide bonds. The van der Waals surface area contributed by atoms with Crippen LogP contribution in [0, 0.1) is 6.92 Å². The minimum absolute atomic E-state index is 0.251. The lowest BCUT2D eigenvalue weighted by molar-refractivity contribution is -0.139. The molecule has 4 rings (SSSR count). The van der Waals surface area contributed by atoms with E-state index in [9.17, 15) is 19.5 Å². The number of nitrogens with one attached hydrogen (secondary N) is 2. The third-order valence-electron chi connectivity index (χ3n) is 6.29. The number of halogens is 1. The number of hydrogen-bond donors (Lipinski definition) is 3. The van der Waals surface area contributed by atoms with E-state index in [0.29, 0.717) is 34.0 Å². The molecule has 3 aromatic carbocycles. The first-order chi connectivity index (χ1) is 19.2. The number of hydrogen-bond acceptors (Lipinski definition) is 6.